The molecular formula is C14H9ClINO4. The Morgan fingerprint density at radius 3 is 2.52 bits per heavy atom. The maximum absolute atomic E-state index is 12.2. The van der Waals surface area contributed by atoms with Gasteiger partial charge < -0.3 is 15.5 Å². The van der Waals surface area contributed by atoms with Crippen LogP contribution in [0.1, 0.15) is 20.7 Å². The first-order chi connectivity index (χ1) is 9.88. The number of carbonyl (C=O) groups excluding carboxylic acids is 1. The number of phenols is 1. The van der Waals surface area contributed by atoms with Gasteiger partial charge in [-0.15, -0.1) is 0 Å². The first-order valence-corrected chi connectivity index (χ1v) is 7.17. The quantitative estimate of drug-likeness (QED) is 0.526. The second-order valence-electron chi connectivity index (χ2n) is 4.12. The number of phenolic OH excluding ortho intramolecular Hbond substituents is 1. The molecular weight excluding hydrogens is 409 g/mol. The number of aromatic carboxylic acids is 1. The molecule has 0 heterocycles. The van der Waals surface area contributed by atoms with Gasteiger partial charge in [0.25, 0.3) is 5.91 Å². The summed E-state index contributed by atoms with van der Waals surface area (Å²) in [5.41, 5.74) is 0.322. The summed E-state index contributed by atoms with van der Waals surface area (Å²) in [6.07, 6.45) is 0. The molecule has 0 fully saturated rings. The number of carboxylic acids is 1. The van der Waals surface area contributed by atoms with Crippen molar-refractivity contribution in [1.82, 2.24) is 0 Å². The van der Waals surface area contributed by atoms with E-state index in [2.05, 4.69) is 5.32 Å². The predicted octanol–water partition coefficient (Wildman–Crippen LogP) is 3.60. The third-order valence-corrected chi connectivity index (χ3v) is 3.84. The largest absolute Gasteiger partial charge is 0.506 e. The summed E-state index contributed by atoms with van der Waals surface area (Å²) in [6.45, 7) is 0. The lowest BCUT2D eigenvalue weighted by atomic mass is 10.1. The maximum atomic E-state index is 12.2. The number of carbonyl (C=O) groups is 2. The van der Waals surface area contributed by atoms with Gasteiger partial charge in [-0.05, 0) is 59.0 Å². The highest BCUT2D eigenvalue weighted by Crippen LogP contribution is 2.26. The lowest BCUT2D eigenvalue weighted by molar-refractivity contribution is 0.0696. The number of halogens is 2. The molecule has 2 rings (SSSR count). The molecule has 0 aromatic heterocycles. The van der Waals surface area contributed by atoms with Crippen LogP contribution in [0, 0.1) is 3.57 Å². The maximum Gasteiger partial charge on any atom is 0.335 e. The number of carboxylic acid groups (broad SMARTS) is 1. The van der Waals surface area contributed by atoms with Gasteiger partial charge in [0.15, 0.2) is 0 Å². The van der Waals surface area contributed by atoms with E-state index in [-0.39, 0.29) is 17.0 Å². The number of rotatable bonds is 3. The van der Waals surface area contributed by atoms with Crippen LogP contribution in [-0.2, 0) is 0 Å². The summed E-state index contributed by atoms with van der Waals surface area (Å²) in [7, 11) is 0. The van der Waals surface area contributed by atoms with Crippen molar-refractivity contribution in [1.29, 1.82) is 0 Å². The smallest absolute Gasteiger partial charge is 0.335 e. The van der Waals surface area contributed by atoms with E-state index in [4.69, 9.17) is 16.7 Å². The first kappa shape index (κ1) is 15.6. The monoisotopic (exact) mass is 417 g/mol. The fraction of sp³-hybridized carbons (Fsp3) is 0. The minimum atomic E-state index is -1.15. The molecule has 0 atom stereocenters. The molecule has 0 saturated heterocycles. The number of aromatic hydroxyl groups is 1. The zero-order chi connectivity index (χ0) is 15.6. The first-order valence-electron chi connectivity index (χ1n) is 5.71. The highest BCUT2D eigenvalue weighted by Gasteiger charge is 2.14. The number of hydrogen-bond donors (Lipinski definition) is 3. The molecule has 0 aliphatic carbocycles. The second kappa shape index (κ2) is 6.31. The van der Waals surface area contributed by atoms with Crippen molar-refractivity contribution >= 4 is 51.8 Å². The summed E-state index contributed by atoms with van der Waals surface area (Å²) in [6, 6.07) is 8.48. The predicted molar refractivity (Wildman–Crippen MR) is 87.2 cm³/mol. The van der Waals surface area contributed by atoms with Crippen molar-refractivity contribution < 1.29 is 19.8 Å². The van der Waals surface area contributed by atoms with Gasteiger partial charge in [0.05, 0.1) is 16.8 Å². The average Bonchev–Trinajstić information content (AvgIpc) is 2.43. The topological polar surface area (TPSA) is 86.6 Å². The van der Waals surface area contributed by atoms with E-state index in [0.29, 0.717) is 14.2 Å². The zero-order valence-electron chi connectivity index (χ0n) is 10.4. The number of amides is 1. The van der Waals surface area contributed by atoms with Crippen LogP contribution in [0.3, 0.4) is 0 Å². The van der Waals surface area contributed by atoms with E-state index in [1.807, 2.05) is 22.6 Å². The molecule has 0 aliphatic rings. The highest BCUT2D eigenvalue weighted by molar-refractivity contribution is 14.1. The third kappa shape index (κ3) is 3.64. The normalized spacial score (nSPS) is 10.2. The number of nitrogens with one attached hydrogen (secondary N) is 1. The van der Waals surface area contributed by atoms with E-state index in [1.165, 1.54) is 24.3 Å². The molecule has 0 unspecified atom stereocenters. The van der Waals surface area contributed by atoms with Crippen molar-refractivity contribution in [2.24, 2.45) is 0 Å². The minimum Gasteiger partial charge on any atom is -0.506 e. The van der Waals surface area contributed by atoms with Crippen LogP contribution < -0.4 is 5.32 Å². The second-order valence-corrected chi connectivity index (χ2v) is 5.71. The Kier molecular flexibility index (Phi) is 4.69. The van der Waals surface area contributed by atoms with Crippen LogP contribution in [0.15, 0.2) is 36.4 Å². The lowest BCUT2D eigenvalue weighted by Crippen LogP contribution is -2.14. The molecule has 1 amide bonds. The van der Waals surface area contributed by atoms with Gasteiger partial charge in [0, 0.05) is 8.59 Å². The minimum absolute atomic E-state index is 0.0238. The van der Waals surface area contributed by atoms with Crippen LogP contribution in [0.25, 0.3) is 0 Å². The van der Waals surface area contributed by atoms with E-state index >= 15 is 0 Å². The number of benzene rings is 2. The Morgan fingerprint density at radius 1 is 1.14 bits per heavy atom. The van der Waals surface area contributed by atoms with Crippen LogP contribution in [0.5, 0.6) is 5.75 Å². The van der Waals surface area contributed by atoms with E-state index in [1.54, 1.807) is 12.1 Å². The summed E-state index contributed by atoms with van der Waals surface area (Å²) in [4.78, 5) is 23.1. The molecule has 108 valence electrons. The van der Waals surface area contributed by atoms with Crippen LogP contribution in [0.4, 0.5) is 5.69 Å². The lowest BCUT2D eigenvalue weighted by Gasteiger charge is -2.09. The summed E-state index contributed by atoms with van der Waals surface area (Å²) in [5.74, 6) is -1.85. The summed E-state index contributed by atoms with van der Waals surface area (Å²) in [5, 5.41) is 21.5. The van der Waals surface area contributed by atoms with Gasteiger partial charge >= 0.3 is 5.97 Å². The fourth-order valence-electron chi connectivity index (χ4n) is 1.63. The van der Waals surface area contributed by atoms with Gasteiger partial charge in [-0.3, -0.25) is 4.79 Å². The Hall–Kier alpha value is -1.80. The number of hydrogen-bond acceptors (Lipinski definition) is 3. The van der Waals surface area contributed by atoms with Crippen molar-refractivity contribution in [3.8, 4) is 5.75 Å². The standard InChI is InChI=1S/C14H9ClINO4/c15-8-2-3-10(16)9(6-8)13(19)17-11-5-7(14(20)21)1-4-12(11)18/h1-6,18H,(H,17,19)(H,20,21). The average molecular weight is 418 g/mol. The Morgan fingerprint density at radius 2 is 1.86 bits per heavy atom. The molecule has 0 aliphatic heterocycles. The summed E-state index contributed by atoms with van der Waals surface area (Å²) >= 11 is 7.84. The molecule has 0 bridgehead atoms. The molecule has 2 aromatic carbocycles. The molecule has 0 spiro atoms. The number of anilines is 1. The van der Waals surface area contributed by atoms with Gasteiger partial charge in [-0.25, -0.2) is 4.79 Å². The highest BCUT2D eigenvalue weighted by atomic mass is 127. The molecule has 2 aromatic rings. The van der Waals surface area contributed by atoms with Gasteiger partial charge in [-0.1, -0.05) is 11.6 Å². The van der Waals surface area contributed by atoms with E-state index in [9.17, 15) is 14.7 Å². The molecule has 21 heavy (non-hydrogen) atoms. The van der Waals surface area contributed by atoms with Gasteiger partial charge in [0.2, 0.25) is 0 Å². The van der Waals surface area contributed by atoms with Crippen molar-refractivity contribution in [3.05, 3.63) is 56.1 Å². The van der Waals surface area contributed by atoms with Crippen LogP contribution >= 0.6 is 34.2 Å². The molecule has 3 N–H and O–H groups in total. The Balaban J connectivity index is 2.33. The Labute approximate surface area is 138 Å². The molecule has 0 radical (unpaired) electrons. The van der Waals surface area contributed by atoms with Crippen LogP contribution in [-0.4, -0.2) is 22.1 Å². The van der Waals surface area contributed by atoms with Crippen molar-refractivity contribution in [2.45, 2.75) is 0 Å². The van der Waals surface area contributed by atoms with E-state index < -0.39 is 11.9 Å². The van der Waals surface area contributed by atoms with Crippen molar-refractivity contribution in [3.63, 3.8) is 0 Å². The molecule has 7 heteroatoms. The summed E-state index contributed by atoms with van der Waals surface area (Å²) < 4.78 is 0.684. The van der Waals surface area contributed by atoms with Gasteiger partial charge in [0.1, 0.15) is 5.75 Å². The van der Waals surface area contributed by atoms with Gasteiger partial charge in [-0.2, -0.15) is 0 Å². The van der Waals surface area contributed by atoms with Crippen LogP contribution in [0.2, 0.25) is 5.02 Å². The van der Waals surface area contributed by atoms with E-state index in [0.717, 1.165) is 0 Å². The van der Waals surface area contributed by atoms with Crippen molar-refractivity contribution in [2.75, 3.05) is 5.32 Å². The zero-order valence-corrected chi connectivity index (χ0v) is 13.3. The Bertz CT molecular complexity index is 733. The molecule has 0 saturated carbocycles. The SMILES string of the molecule is O=C(O)c1ccc(O)c(NC(=O)c2cc(Cl)ccc2I)c1. The fourth-order valence-corrected chi connectivity index (χ4v) is 2.38. The molecule has 5 nitrogen and oxygen atoms in total. The third-order valence-electron chi connectivity index (χ3n) is 2.66.